The maximum atomic E-state index is 5.55. The predicted octanol–water partition coefficient (Wildman–Crippen LogP) is 3.16. The van der Waals surface area contributed by atoms with Gasteiger partial charge in [0, 0.05) is 24.7 Å². The molecule has 0 saturated heterocycles. The number of hydrogen-bond donors (Lipinski definition) is 1. The van der Waals surface area contributed by atoms with Crippen molar-refractivity contribution in [3.8, 4) is 0 Å². The van der Waals surface area contributed by atoms with Gasteiger partial charge in [0.15, 0.2) is 0 Å². The quantitative estimate of drug-likeness (QED) is 0.741. The van der Waals surface area contributed by atoms with Crippen LogP contribution < -0.4 is 5.32 Å². The van der Waals surface area contributed by atoms with Gasteiger partial charge in [-0.3, -0.25) is 4.90 Å². The molecule has 1 N–H and O–H groups in total. The summed E-state index contributed by atoms with van der Waals surface area (Å²) in [6.07, 6.45) is 9.82. The molecule has 0 aromatic carbocycles. The summed E-state index contributed by atoms with van der Waals surface area (Å²) >= 11 is 0. The van der Waals surface area contributed by atoms with Gasteiger partial charge in [-0.2, -0.15) is 0 Å². The number of furan rings is 1. The van der Waals surface area contributed by atoms with E-state index in [1.54, 1.807) is 6.26 Å². The lowest BCUT2D eigenvalue weighted by molar-refractivity contribution is 0.151. The van der Waals surface area contributed by atoms with Gasteiger partial charge in [-0.15, -0.1) is 0 Å². The third-order valence-corrected chi connectivity index (χ3v) is 4.24. The van der Waals surface area contributed by atoms with Crippen molar-refractivity contribution in [3.63, 3.8) is 0 Å². The summed E-state index contributed by atoms with van der Waals surface area (Å²) in [6, 6.07) is 6.37. The van der Waals surface area contributed by atoms with E-state index in [1.165, 1.54) is 38.5 Å². The van der Waals surface area contributed by atoms with Gasteiger partial charge >= 0.3 is 0 Å². The van der Waals surface area contributed by atoms with Crippen molar-refractivity contribution in [2.45, 2.75) is 70.1 Å². The summed E-state index contributed by atoms with van der Waals surface area (Å²) < 4.78 is 5.55. The summed E-state index contributed by atoms with van der Waals surface area (Å²) in [4.78, 5) is 2.68. The first kappa shape index (κ1) is 13.2. The molecule has 0 aliphatic heterocycles. The summed E-state index contributed by atoms with van der Waals surface area (Å²) in [5, 5.41) is 3.71. The second-order valence-electron chi connectivity index (χ2n) is 6.11. The Hall–Kier alpha value is -0.800. The summed E-state index contributed by atoms with van der Waals surface area (Å²) in [5.74, 6) is 1.11. The molecule has 1 atom stereocenters. The van der Waals surface area contributed by atoms with Gasteiger partial charge in [0.05, 0.1) is 12.8 Å². The fourth-order valence-electron chi connectivity index (χ4n) is 2.85. The maximum absolute atomic E-state index is 5.55. The van der Waals surface area contributed by atoms with E-state index in [0.29, 0.717) is 6.04 Å². The van der Waals surface area contributed by atoms with Gasteiger partial charge in [-0.25, -0.2) is 0 Å². The fraction of sp³-hybridized carbons (Fsp3) is 0.750. The zero-order valence-electron chi connectivity index (χ0n) is 12.0. The van der Waals surface area contributed by atoms with Crippen LogP contribution in [-0.2, 0) is 6.54 Å². The standard InChI is InChI=1S/C16H26N2O/c1-2-4-15(11-17-13-6-7-13)18(14-8-9-14)12-16-5-3-10-19-16/h3,5,10,13-15,17H,2,4,6-9,11-12H2,1H3. The molecule has 2 aliphatic rings. The monoisotopic (exact) mass is 262 g/mol. The summed E-state index contributed by atoms with van der Waals surface area (Å²) in [5.41, 5.74) is 0. The zero-order valence-corrected chi connectivity index (χ0v) is 12.0. The minimum Gasteiger partial charge on any atom is -0.468 e. The topological polar surface area (TPSA) is 28.4 Å². The molecule has 1 unspecified atom stereocenters. The Morgan fingerprint density at radius 1 is 1.37 bits per heavy atom. The first-order valence-electron chi connectivity index (χ1n) is 7.88. The van der Waals surface area contributed by atoms with Crippen molar-refractivity contribution in [1.82, 2.24) is 10.2 Å². The number of hydrogen-bond acceptors (Lipinski definition) is 3. The Bertz CT molecular complexity index is 368. The Morgan fingerprint density at radius 2 is 2.21 bits per heavy atom. The van der Waals surface area contributed by atoms with E-state index < -0.39 is 0 Å². The van der Waals surface area contributed by atoms with Crippen molar-refractivity contribution in [2.24, 2.45) is 0 Å². The third-order valence-electron chi connectivity index (χ3n) is 4.24. The molecule has 0 radical (unpaired) electrons. The molecular formula is C16H26N2O. The highest BCUT2D eigenvalue weighted by atomic mass is 16.3. The van der Waals surface area contributed by atoms with E-state index in [-0.39, 0.29) is 0 Å². The van der Waals surface area contributed by atoms with Crippen molar-refractivity contribution >= 4 is 0 Å². The molecule has 0 bridgehead atoms. The van der Waals surface area contributed by atoms with Crippen LogP contribution in [0.15, 0.2) is 22.8 Å². The molecule has 2 aliphatic carbocycles. The second-order valence-corrected chi connectivity index (χ2v) is 6.11. The molecule has 3 rings (SSSR count). The fourth-order valence-corrected chi connectivity index (χ4v) is 2.85. The van der Waals surface area contributed by atoms with E-state index >= 15 is 0 Å². The van der Waals surface area contributed by atoms with Crippen LogP contribution >= 0.6 is 0 Å². The van der Waals surface area contributed by atoms with Crippen LogP contribution in [0, 0.1) is 0 Å². The largest absolute Gasteiger partial charge is 0.468 e. The van der Waals surface area contributed by atoms with Crippen LogP contribution in [0.5, 0.6) is 0 Å². The maximum Gasteiger partial charge on any atom is 0.117 e. The zero-order chi connectivity index (χ0) is 13.1. The SMILES string of the molecule is CCCC(CNC1CC1)N(Cc1ccco1)C1CC1. The first-order valence-corrected chi connectivity index (χ1v) is 7.88. The van der Waals surface area contributed by atoms with Crippen LogP contribution in [0.4, 0.5) is 0 Å². The third kappa shape index (κ3) is 3.83. The van der Waals surface area contributed by atoms with E-state index in [4.69, 9.17) is 4.42 Å². The Labute approximate surface area is 116 Å². The smallest absolute Gasteiger partial charge is 0.117 e. The van der Waals surface area contributed by atoms with E-state index in [9.17, 15) is 0 Å². The number of nitrogens with zero attached hydrogens (tertiary/aromatic N) is 1. The van der Waals surface area contributed by atoms with Gasteiger partial charge in [0.1, 0.15) is 5.76 Å². The average molecular weight is 262 g/mol. The highest BCUT2D eigenvalue weighted by molar-refractivity contribution is 5.01. The molecule has 1 heterocycles. The predicted molar refractivity (Wildman–Crippen MR) is 77.0 cm³/mol. The van der Waals surface area contributed by atoms with Gasteiger partial charge in [-0.05, 0) is 44.2 Å². The van der Waals surface area contributed by atoms with Crippen LogP contribution in [0.3, 0.4) is 0 Å². The van der Waals surface area contributed by atoms with Crippen LogP contribution in [0.25, 0.3) is 0 Å². The van der Waals surface area contributed by atoms with Crippen LogP contribution in [-0.4, -0.2) is 29.6 Å². The highest BCUT2D eigenvalue weighted by Crippen LogP contribution is 2.31. The molecule has 3 nitrogen and oxygen atoms in total. The lowest BCUT2D eigenvalue weighted by Gasteiger charge is -2.31. The average Bonchev–Trinajstić information content (AvgIpc) is 3.33. The molecule has 19 heavy (non-hydrogen) atoms. The molecule has 106 valence electrons. The van der Waals surface area contributed by atoms with Crippen LogP contribution in [0.2, 0.25) is 0 Å². The van der Waals surface area contributed by atoms with Crippen molar-refractivity contribution in [2.75, 3.05) is 6.54 Å². The first-order chi connectivity index (χ1) is 9.36. The highest BCUT2D eigenvalue weighted by Gasteiger charge is 2.34. The second kappa shape index (κ2) is 6.10. The number of nitrogens with one attached hydrogen (secondary N) is 1. The minimum absolute atomic E-state index is 0.670. The molecule has 2 saturated carbocycles. The summed E-state index contributed by atoms with van der Waals surface area (Å²) in [7, 11) is 0. The van der Waals surface area contributed by atoms with Crippen molar-refractivity contribution < 1.29 is 4.42 Å². The summed E-state index contributed by atoms with van der Waals surface area (Å²) in [6.45, 7) is 4.42. The van der Waals surface area contributed by atoms with Crippen molar-refractivity contribution in [3.05, 3.63) is 24.2 Å². The molecule has 0 spiro atoms. The minimum atomic E-state index is 0.670. The molecule has 2 fully saturated rings. The van der Waals surface area contributed by atoms with E-state index in [2.05, 4.69) is 23.2 Å². The molecule has 0 amide bonds. The Balaban J connectivity index is 1.60. The molecule has 3 heteroatoms. The Morgan fingerprint density at radius 3 is 2.79 bits per heavy atom. The van der Waals surface area contributed by atoms with Crippen LogP contribution in [0.1, 0.15) is 51.2 Å². The normalized spacial score (nSPS) is 20.9. The van der Waals surface area contributed by atoms with Crippen molar-refractivity contribution in [1.29, 1.82) is 0 Å². The molecule has 1 aromatic rings. The Kier molecular flexibility index (Phi) is 4.24. The van der Waals surface area contributed by atoms with E-state index in [0.717, 1.165) is 30.9 Å². The lowest BCUT2D eigenvalue weighted by Crippen LogP contribution is -2.43. The number of rotatable bonds is 9. The van der Waals surface area contributed by atoms with Gasteiger partial charge in [0.25, 0.3) is 0 Å². The van der Waals surface area contributed by atoms with Gasteiger partial charge in [0.2, 0.25) is 0 Å². The molecule has 1 aromatic heterocycles. The lowest BCUT2D eigenvalue weighted by atomic mass is 10.1. The molecular weight excluding hydrogens is 236 g/mol. The van der Waals surface area contributed by atoms with Gasteiger partial charge in [-0.1, -0.05) is 13.3 Å². The van der Waals surface area contributed by atoms with Gasteiger partial charge < -0.3 is 9.73 Å². The van der Waals surface area contributed by atoms with E-state index in [1.807, 2.05) is 6.07 Å².